The van der Waals surface area contributed by atoms with Gasteiger partial charge in [0.2, 0.25) is 0 Å². The lowest BCUT2D eigenvalue weighted by molar-refractivity contribution is -0.161. The largest absolute Gasteiger partial charge is 0.472 e. The third-order valence-corrected chi connectivity index (χ3v) is 9.79. The molecule has 0 bridgehead atoms. The molecule has 0 rings (SSSR count). The fourth-order valence-electron chi connectivity index (χ4n) is 5.59. The van der Waals surface area contributed by atoms with Gasteiger partial charge in [0, 0.05) is 12.8 Å². The Morgan fingerprint density at radius 2 is 0.981 bits per heavy atom. The van der Waals surface area contributed by atoms with Gasteiger partial charge in [0.1, 0.15) is 12.7 Å². The Labute approximate surface area is 317 Å². The van der Waals surface area contributed by atoms with Crippen molar-refractivity contribution in [1.82, 2.24) is 0 Å². The highest BCUT2D eigenvalue weighted by Gasteiger charge is 2.27. The van der Waals surface area contributed by atoms with E-state index in [2.05, 4.69) is 36.6 Å². The van der Waals surface area contributed by atoms with E-state index in [1.54, 1.807) is 0 Å². The summed E-state index contributed by atoms with van der Waals surface area (Å²) in [5.41, 5.74) is 0. The minimum absolute atomic E-state index is 0.159. The van der Waals surface area contributed by atoms with Crippen molar-refractivity contribution in [3.05, 3.63) is 24.3 Å². The maximum absolute atomic E-state index is 12.6. The molecule has 0 aliphatic heterocycles. The molecule has 0 aromatic rings. The number of hydrogen-bond donors (Lipinski definition) is 3. The average molecular weight is 761 g/mol. The van der Waals surface area contributed by atoms with Gasteiger partial charge in [0.05, 0.1) is 19.8 Å². The van der Waals surface area contributed by atoms with Gasteiger partial charge in [-0.05, 0) is 51.4 Å². The standard InChI is InChI=1S/C41H77O10P/c1-3-5-7-9-11-13-15-17-19-21-22-24-26-28-30-32-40(44)48-36-39(37-50-52(46,47)49-35-38(43)34-42)51-41(45)33-31-29-27-25-23-20-18-16-14-12-10-8-6-4-2/h16,18,26,28,38-39,42-43H,3-15,17,19-25,27,29-37H2,1-2H3,(H,46,47)/b18-16+,28-26+/t38-,39+/m0/s1. The second kappa shape index (κ2) is 37.8. The van der Waals surface area contributed by atoms with Crippen molar-refractivity contribution in [3.63, 3.8) is 0 Å². The Morgan fingerprint density at radius 1 is 0.558 bits per heavy atom. The van der Waals surface area contributed by atoms with E-state index in [1.165, 1.54) is 96.3 Å². The SMILES string of the molecule is CCCCCCC/C=C/CCCCCCCC(=O)O[C@H](COC(=O)CC/C=C/CCCCCCCCCCCCC)COP(=O)(O)OC[C@@H](O)CO. The molecule has 0 aromatic carbocycles. The predicted molar refractivity (Wildman–Crippen MR) is 210 cm³/mol. The van der Waals surface area contributed by atoms with E-state index in [9.17, 15) is 24.2 Å². The molecule has 11 heteroatoms. The van der Waals surface area contributed by atoms with Crippen LogP contribution in [0.1, 0.15) is 187 Å². The van der Waals surface area contributed by atoms with Gasteiger partial charge in [0.15, 0.2) is 6.10 Å². The van der Waals surface area contributed by atoms with Crippen LogP contribution in [-0.2, 0) is 32.7 Å². The minimum atomic E-state index is -4.62. The second-order valence-corrected chi connectivity index (χ2v) is 15.5. The summed E-state index contributed by atoms with van der Waals surface area (Å²) in [6.45, 7) is 2.32. The molecule has 0 heterocycles. The lowest BCUT2D eigenvalue weighted by atomic mass is 10.1. The number of esters is 2. The molecule has 0 aliphatic rings. The molecular formula is C41H77O10P. The van der Waals surface area contributed by atoms with Crippen LogP contribution in [0, 0.1) is 0 Å². The lowest BCUT2D eigenvalue weighted by Gasteiger charge is -2.20. The number of aliphatic hydroxyl groups excluding tert-OH is 2. The summed E-state index contributed by atoms with van der Waals surface area (Å²) < 4.78 is 32.6. The van der Waals surface area contributed by atoms with Gasteiger partial charge in [-0.3, -0.25) is 18.6 Å². The topological polar surface area (TPSA) is 149 Å². The van der Waals surface area contributed by atoms with Crippen molar-refractivity contribution in [1.29, 1.82) is 0 Å². The molecule has 0 spiro atoms. The van der Waals surface area contributed by atoms with Crippen molar-refractivity contribution in [3.8, 4) is 0 Å². The van der Waals surface area contributed by atoms with Gasteiger partial charge >= 0.3 is 19.8 Å². The summed E-state index contributed by atoms with van der Waals surface area (Å²) in [6, 6.07) is 0. The van der Waals surface area contributed by atoms with Gasteiger partial charge in [0.25, 0.3) is 0 Å². The van der Waals surface area contributed by atoms with E-state index in [0.29, 0.717) is 12.8 Å². The first kappa shape index (κ1) is 50.5. The van der Waals surface area contributed by atoms with E-state index >= 15 is 0 Å². The first-order valence-electron chi connectivity index (χ1n) is 20.8. The van der Waals surface area contributed by atoms with Crippen LogP contribution < -0.4 is 0 Å². The highest BCUT2D eigenvalue weighted by molar-refractivity contribution is 7.47. The number of rotatable bonds is 39. The fourth-order valence-corrected chi connectivity index (χ4v) is 6.38. The zero-order valence-corrected chi connectivity index (χ0v) is 33.9. The van der Waals surface area contributed by atoms with Gasteiger partial charge in [-0.15, -0.1) is 0 Å². The molecule has 52 heavy (non-hydrogen) atoms. The van der Waals surface area contributed by atoms with Gasteiger partial charge in [-0.2, -0.15) is 0 Å². The lowest BCUT2D eigenvalue weighted by Crippen LogP contribution is -2.29. The molecule has 0 saturated heterocycles. The fraction of sp³-hybridized carbons (Fsp3) is 0.854. The highest BCUT2D eigenvalue weighted by atomic mass is 31.2. The molecule has 0 saturated carbocycles. The first-order chi connectivity index (χ1) is 25.2. The first-order valence-corrected chi connectivity index (χ1v) is 22.3. The van der Waals surface area contributed by atoms with Crippen molar-refractivity contribution >= 4 is 19.8 Å². The molecule has 3 atom stereocenters. The Hall–Kier alpha value is -1.55. The maximum Gasteiger partial charge on any atom is 0.472 e. The number of ether oxygens (including phenoxy) is 2. The monoisotopic (exact) mass is 761 g/mol. The van der Waals surface area contributed by atoms with Crippen LogP contribution >= 0.6 is 7.82 Å². The number of carbonyl (C=O) groups is 2. The molecule has 0 fully saturated rings. The molecule has 0 amide bonds. The molecule has 306 valence electrons. The summed E-state index contributed by atoms with van der Waals surface area (Å²) in [5.74, 6) is -0.988. The third kappa shape index (κ3) is 36.8. The minimum Gasteiger partial charge on any atom is -0.462 e. The summed E-state index contributed by atoms with van der Waals surface area (Å²) in [4.78, 5) is 34.9. The molecule has 3 N–H and O–H groups in total. The average Bonchev–Trinajstić information content (AvgIpc) is 3.13. The van der Waals surface area contributed by atoms with Crippen molar-refractivity contribution < 1.29 is 47.8 Å². The Bertz CT molecular complexity index is 925. The summed E-state index contributed by atoms with van der Waals surface area (Å²) in [5, 5.41) is 18.3. The van der Waals surface area contributed by atoms with E-state index < -0.39 is 51.8 Å². The summed E-state index contributed by atoms with van der Waals surface area (Å²) >= 11 is 0. The molecule has 0 aromatic heterocycles. The van der Waals surface area contributed by atoms with Crippen molar-refractivity contribution in [2.24, 2.45) is 0 Å². The van der Waals surface area contributed by atoms with E-state index in [-0.39, 0.29) is 19.4 Å². The second-order valence-electron chi connectivity index (χ2n) is 14.0. The van der Waals surface area contributed by atoms with Crippen molar-refractivity contribution in [2.45, 2.75) is 199 Å². The van der Waals surface area contributed by atoms with Crippen molar-refractivity contribution in [2.75, 3.05) is 26.4 Å². The van der Waals surface area contributed by atoms with Crippen LogP contribution in [0.4, 0.5) is 0 Å². The van der Waals surface area contributed by atoms with Gasteiger partial charge < -0.3 is 24.6 Å². The van der Waals surface area contributed by atoms with Gasteiger partial charge in [-0.25, -0.2) is 4.57 Å². The zero-order chi connectivity index (χ0) is 38.4. The number of aliphatic hydroxyl groups is 2. The number of carbonyl (C=O) groups excluding carboxylic acids is 2. The molecule has 10 nitrogen and oxygen atoms in total. The van der Waals surface area contributed by atoms with Crippen LogP contribution in [0.3, 0.4) is 0 Å². The molecule has 0 aliphatic carbocycles. The van der Waals surface area contributed by atoms with E-state index in [0.717, 1.165) is 51.4 Å². The Balaban J connectivity index is 4.36. The van der Waals surface area contributed by atoms with Crippen LogP contribution in [0.25, 0.3) is 0 Å². The summed E-state index contributed by atoms with van der Waals surface area (Å²) in [7, 11) is -4.62. The number of hydrogen-bond acceptors (Lipinski definition) is 9. The van der Waals surface area contributed by atoms with E-state index in [1.807, 2.05) is 6.08 Å². The van der Waals surface area contributed by atoms with Crippen LogP contribution in [0.2, 0.25) is 0 Å². The van der Waals surface area contributed by atoms with Crippen LogP contribution in [0.5, 0.6) is 0 Å². The van der Waals surface area contributed by atoms with Crippen LogP contribution in [0.15, 0.2) is 24.3 Å². The molecule has 0 radical (unpaired) electrons. The predicted octanol–water partition coefficient (Wildman–Crippen LogP) is 10.6. The van der Waals surface area contributed by atoms with Crippen LogP contribution in [-0.4, -0.2) is 65.7 Å². The highest BCUT2D eigenvalue weighted by Crippen LogP contribution is 2.43. The number of unbranched alkanes of at least 4 members (excludes halogenated alkanes) is 21. The number of phosphoric ester groups is 1. The Kier molecular flexibility index (Phi) is 36.6. The van der Waals surface area contributed by atoms with E-state index in [4.69, 9.17) is 19.1 Å². The number of phosphoric acid groups is 1. The number of allylic oxidation sites excluding steroid dienone is 4. The maximum atomic E-state index is 12.6. The quantitative estimate of drug-likeness (QED) is 0.0239. The third-order valence-electron chi connectivity index (χ3n) is 8.84. The smallest absolute Gasteiger partial charge is 0.462 e. The molecular weight excluding hydrogens is 683 g/mol. The Morgan fingerprint density at radius 3 is 1.46 bits per heavy atom. The zero-order valence-electron chi connectivity index (χ0n) is 33.0. The van der Waals surface area contributed by atoms with Gasteiger partial charge in [-0.1, -0.05) is 147 Å². The molecule has 1 unspecified atom stereocenters. The normalized spacial score (nSPS) is 14.2. The summed E-state index contributed by atoms with van der Waals surface area (Å²) in [6.07, 6.45) is 35.8.